The van der Waals surface area contributed by atoms with Crippen LogP contribution in [0.1, 0.15) is 36.8 Å². The summed E-state index contributed by atoms with van der Waals surface area (Å²) in [5.41, 5.74) is -2.75. The minimum atomic E-state index is -5.02. The number of nitrogens with one attached hydrogen (secondary N) is 1. The molecule has 0 spiro atoms. The number of carbonyl (C=O) groups is 1. The normalized spacial score (nSPS) is 12.4. The van der Waals surface area contributed by atoms with E-state index in [0.717, 1.165) is 6.92 Å². The van der Waals surface area contributed by atoms with Gasteiger partial charge in [0, 0.05) is 22.5 Å². The molecular weight excluding hydrogens is 447 g/mol. The van der Waals surface area contributed by atoms with Gasteiger partial charge in [0.05, 0.1) is 24.6 Å². The van der Waals surface area contributed by atoms with Crippen molar-refractivity contribution < 1.29 is 31.5 Å². The molecule has 2 heterocycles. The van der Waals surface area contributed by atoms with Gasteiger partial charge < -0.3 is 4.74 Å². The van der Waals surface area contributed by atoms with Crippen LogP contribution in [0.4, 0.5) is 22.0 Å². The van der Waals surface area contributed by atoms with E-state index in [1.165, 1.54) is 45.4 Å². The predicted octanol–water partition coefficient (Wildman–Crippen LogP) is 5.64. The Hall–Kier alpha value is -3.76. The number of fused-ring (bicyclic) bond motifs is 1. The molecule has 0 aliphatic heterocycles. The largest absolute Gasteiger partial charge is 0.481 e. The SMILES string of the molecule is COc1nccc2c(-n3ncc(C(=O)N/C(F)=C(\C)C(F)=C(C)C)c3C(F)(F)F)cccc12. The number of pyridine rings is 1. The summed E-state index contributed by atoms with van der Waals surface area (Å²) >= 11 is 0. The third-order valence-electron chi connectivity index (χ3n) is 4.77. The van der Waals surface area contributed by atoms with Crippen LogP contribution in [0, 0.1) is 0 Å². The van der Waals surface area contributed by atoms with Crippen molar-refractivity contribution in [2.24, 2.45) is 0 Å². The quantitative estimate of drug-likeness (QED) is 0.300. The molecule has 1 N–H and O–H groups in total. The lowest BCUT2D eigenvalue weighted by Crippen LogP contribution is -2.26. The van der Waals surface area contributed by atoms with Gasteiger partial charge in [-0.05, 0) is 44.5 Å². The smallest absolute Gasteiger partial charge is 0.434 e. The summed E-state index contributed by atoms with van der Waals surface area (Å²) in [6.07, 6.45) is -2.99. The molecule has 1 amide bonds. The van der Waals surface area contributed by atoms with Crippen molar-refractivity contribution >= 4 is 16.7 Å². The van der Waals surface area contributed by atoms with Gasteiger partial charge in [0.25, 0.3) is 5.91 Å². The van der Waals surface area contributed by atoms with E-state index in [1.807, 2.05) is 0 Å². The number of hydrogen-bond acceptors (Lipinski definition) is 4. The third kappa shape index (κ3) is 4.57. The Bertz CT molecular complexity index is 1290. The van der Waals surface area contributed by atoms with Gasteiger partial charge in [0.2, 0.25) is 5.88 Å². The minimum Gasteiger partial charge on any atom is -0.481 e. The highest BCUT2D eigenvalue weighted by atomic mass is 19.4. The van der Waals surface area contributed by atoms with Crippen molar-refractivity contribution in [3.8, 4) is 11.6 Å². The maximum absolute atomic E-state index is 14.3. The fourth-order valence-electron chi connectivity index (χ4n) is 3.21. The zero-order valence-electron chi connectivity index (χ0n) is 18.0. The standard InChI is InChI=1S/C22H19F5N4O2/c1-11(2)17(23)12(3)19(24)30-20(32)15-10-29-31(18(15)22(25,26)27)16-7-5-6-14-13(16)8-9-28-21(14)33-4/h5-10H,1-4H3,(H,30,32)/b19-12+. The molecule has 1 aromatic carbocycles. The average molecular weight is 466 g/mol. The van der Waals surface area contributed by atoms with Gasteiger partial charge in [-0.1, -0.05) is 6.07 Å². The van der Waals surface area contributed by atoms with Crippen molar-refractivity contribution in [1.82, 2.24) is 20.1 Å². The molecule has 0 radical (unpaired) electrons. The lowest BCUT2D eigenvalue weighted by atomic mass is 10.1. The Kier molecular flexibility index (Phi) is 6.52. The molecule has 0 bridgehead atoms. The summed E-state index contributed by atoms with van der Waals surface area (Å²) in [7, 11) is 1.37. The van der Waals surface area contributed by atoms with Crippen molar-refractivity contribution in [2.45, 2.75) is 26.9 Å². The van der Waals surface area contributed by atoms with Gasteiger partial charge in [-0.3, -0.25) is 10.1 Å². The van der Waals surface area contributed by atoms with Gasteiger partial charge >= 0.3 is 6.18 Å². The predicted molar refractivity (Wildman–Crippen MR) is 111 cm³/mol. The number of aromatic nitrogens is 3. The van der Waals surface area contributed by atoms with Crippen LogP contribution in [0.2, 0.25) is 0 Å². The first kappa shape index (κ1) is 23.9. The fraction of sp³-hybridized carbons (Fsp3) is 0.227. The Labute approximate surface area is 185 Å². The molecule has 0 unspecified atom stereocenters. The highest BCUT2D eigenvalue weighted by molar-refractivity contribution is 5.97. The third-order valence-corrected chi connectivity index (χ3v) is 4.77. The lowest BCUT2D eigenvalue weighted by molar-refractivity contribution is -0.143. The lowest BCUT2D eigenvalue weighted by Gasteiger charge is -2.15. The molecule has 3 aromatic rings. The Morgan fingerprint density at radius 2 is 1.79 bits per heavy atom. The van der Waals surface area contributed by atoms with Crippen molar-refractivity contribution in [1.29, 1.82) is 0 Å². The second-order valence-electron chi connectivity index (χ2n) is 7.22. The number of rotatable bonds is 5. The first-order valence-electron chi connectivity index (χ1n) is 9.55. The molecule has 0 aliphatic carbocycles. The number of methoxy groups -OCH3 is 1. The molecule has 0 atom stereocenters. The maximum atomic E-state index is 14.3. The number of carbonyl (C=O) groups excluding carboxylic acids is 1. The van der Waals surface area contributed by atoms with Crippen LogP contribution in [0.5, 0.6) is 5.88 Å². The molecule has 11 heteroatoms. The second-order valence-corrected chi connectivity index (χ2v) is 7.22. The first-order valence-corrected chi connectivity index (χ1v) is 9.55. The van der Waals surface area contributed by atoms with Gasteiger partial charge in [-0.2, -0.15) is 22.7 Å². The monoisotopic (exact) mass is 466 g/mol. The summed E-state index contributed by atoms with van der Waals surface area (Å²) in [4.78, 5) is 16.5. The summed E-state index contributed by atoms with van der Waals surface area (Å²) < 4.78 is 76.0. The number of alkyl halides is 3. The van der Waals surface area contributed by atoms with Crippen LogP contribution in [-0.4, -0.2) is 27.8 Å². The molecule has 33 heavy (non-hydrogen) atoms. The summed E-state index contributed by atoms with van der Waals surface area (Å²) in [5, 5.41) is 6.18. The van der Waals surface area contributed by atoms with E-state index < -0.39 is 40.7 Å². The zero-order valence-corrected chi connectivity index (χ0v) is 18.0. The van der Waals surface area contributed by atoms with Crippen molar-refractivity contribution in [2.75, 3.05) is 7.11 Å². The highest BCUT2D eigenvalue weighted by Crippen LogP contribution is 2.36. The Morgan fingerprint density at radius 1 is 1.09 bits per heavy atom. The first-order chi connectivity index (χ1) is 15.5. The average Bonchev–Trinajstić information content (AvgIpc) is 3.22. The van der Waals surface area contributed by atoms with E-state index in [0.29, 0.717) is 21.7 Å². The number of allylic oxidation sites excluding steroid dienone is 3. The molecule has 0 aliphatic rings. The van der Waals surface area contributed by atoms with Gasteiger partial charge in [0.15, 0.2) is 11.6 Å². The number of ether oxygens (including phenoxy) is 1. The topological polar surface area (TPSA) is 69.0 Å². The number of amides is 1. The van der Waals surface area contributed by atoms with Crippen LogP contribution in [0.25, 0.3) is 16.5 Å². The number of halogens is 5. The molecule has 174 valence electrons. The molecule has 3 rings (SSSR count). The summed E-state index contributed by atoms with van der Waals surface area (Å²) in [6, 6.07) is 5.94. The maximum Gasteiger partial charge on any atom is 0.434 e. The summed E-state index contributed by atoms with van der Waals surface area (Å²) in [6.45, 7) is 3.83. The molecule has 2 aromatic heterocycles. The molecule has 0 saturated heterocycles. The van der Waals surface area contributed by atoms with Gasteiger partial charge in [-0.15, -0.1) is 0 Å². The van der Waals surface area contributed by atoms with E-state index in [1.54, 1.807) is 11.4 Å². The zero-order chi connectivity index (χ0) is 24.5. The number of benzene rings is 1. The van der Waals surface area contributed by atoms with E-state index in [2.05, 4.69) is 10.1 Å². The second kappa shape index (κ2) is 9.00. The summed E-state index contributed by atoms with van der Waals surface area (Å²) in [5.74, 6) is -3.55. The van der Waals surface area contributed by atoms with Crippen LogP contribution in [0.3, 0.4) is 0 Å². The Balaban J connectivity index is 2.15. The number of hydrogen-bond donors (Lipinski definition) is 1. The van der Waals surface area contributed by atoms with E-state index in [-0.39, 0.29) is 17.1 Å². The van der Waals surface area contributed by atoms with Gasteiger partial charge in [0.1, 0.15) is 5.83 Å². The Morgan fingerprint density at radius 3 is 2.39 bits per heavy atom. The molecule has 0 saturated carbocycles. The van der Waals surface area contributed by atoms with E-state index in [9.17, 15) is 26.7 Å². The van der Waals surface area contributed by atoms with Gasteiger partial charge in [-0.25, -0.2) is 14.1 Å². The van der Waals surface area contributed by atoms with E-state index in [4.69, 9.17) is 4.74 Å². The fourth-order valence-corrected chi connectivity index (χ4v) is 3.21. The molecule has 6 nitrogen and oxygen atoms in total. The van der Waals surface area contributed by atoms with E-state index >= 15 is 0 Å². The highest BCUT2D eigenvalue weighted by Gasteiger charge is 2.41. The van der Waals surface area contributed by atoms with Crippen LogP contribution < -0.4 is 10.1 Å². The van der Waals surface area contributed by atoms with Crippen LogP contribution in [0.15, 0.2) is 59.6 Å². The van der Waals surface area contributed by atoms with Crippen molar-refractivity contribution in [3.63, 3.8) is 0 Å². The van der Waals surface area contributed by atoms with Crippen LogP contribution >= 0.6 is 0 Å². The number of nitrogens with zero attached hydrogens (tertiary/aromatic N) is 3. The van der Waals surface area contributed by atoms with Crippen LogP contribution in [-0.2, 0) is 6.18 Å². The molecule has 0 fully saturated rings. The molecular formula is C22H19F5N4O2. The minimum absolute atomic E-state index is 0.00218. The van der Waals surface area contributed by atoms with Crippen molar-refractivity contribution in [3.05, 3.63) is 70.8 Å².